The number of non-ortho nitro benzene ring substituents is 1. The lowest BCUT2D eigenvalue weighted by atomic mass is 10.1. The van der Waals surface area contributed by atoms with Gasteiger partial charge < -0.3 is 10.2 Å². The first-order valence-electron chi connectivity index (χ1n) is 6.41. The average molecular weight is 364 g/mol. The zero-order valence-electron chi connectivity index (χ0n) is 12.0. The highest BCUT2D eigenvalue weighted by Crippen LogP contribution is 2.25. The molecule has 6 nitrogen and oxygen atoms in total. The van der Waals surface area contributed by atoms with Crippen LogP contribution in [0.15, 0.2) is 46.9 Å². The normalized spacial score (nSPS) is 10.1. The molecule has 0 aliphatic rings. The summed E-state index contributed by atoms with van der Waals surface area (Å²) in [6, 6.07) is 11.3. The van der Waals surface area contributed by atoms with Crippen molar-refractivity contribution in [2.75, 3.05) is 24.3 Å². The summed E-state index contributed by atoms with van der Waals surface area (Å²) in [7, 11) is 3.55. The van der Waals surface area contributed by atoms with Crippen LogP contribution in [0.1, 0.15) is 10.4 Å². The van der Waals surface area contributed by atoms with E-state index < -0.39 is 10.8 Å². The van der Waals surface area contributed by atoms with Crippen LogP contribution >= 0.6 is 15.9 Å². The van der Waals surface area contributed by atoms with Crippen molar-refractivity contribution in [2.45, 2.75) is 0 Å². The van der Waals surface area contributed by atoms with E-state index in [4.69, 9.17) is 0 Å². The first kappa shape index (κ1) is 16.0. The van der Waals surface area contributed by atoms with E-state index in [0.717, 1.165) is 4.47 Å². The summed E-state index contributed by atoms with van der Waals surface area (Å²) in [5.74, 6) is -0.394. The molecule has 0 spiro atoms. The van der Waals surface area contributed by atoms with Crippen molar-refractivity contribution >= 4 is 38.9 Å². The third-order valence-electron chi connectivity index (χ3n) is 3.02. The summed E-state index contributed by atoms with van der Waals surface area (Å²) in [6.07, 6.45) is 0. The van der Waals surface area contributed by atoms with E-state index in [1.807, 2.05) is 0 Å². The Morgan fingerprint density at radius 3 is 2.36 bits per heavy atom. The number of nitrogens with zero attached hydrogens (tertiary/aromatic N) is 2. The molecular formula is C15H14BrN3O3. The van der Waals surface area contributed by atoms with Gasteiger partial charge in [-0.2, -0.15) is 0 Å². The number of carbonyl (C=O) groups is 1. The van der Waals surface area contributed by atoms with Crippen LogP contribution in [-0.2, 0) is 0 Å². The van der Waals surface area contributed by atoms with Crippen LogP contribution in [-0.4, -0.2) is 24.9 Å². The number of hydrogen-bond acceptors (Lipinski definition) is 4. The number of amides is 1. The molecule has 0 aliphatic carbocycles. The molecule has 2 rings (SSSR count). The molecule has 2 aromatic carbocycles. The summed E-state index contributed by atoms with van der Waals surface area (Å²) < 4.78 is 0.898. The zero-order chi connectivity index (χ0) is 16.3. The quantitative estimate of drug-likeness (QED) is 0.663. The SMILES string of the molecule is CN(C)c1ccc([N+](=O)[O-])cc1C(=O)Nc1ccc(Br)cc1. The Bertz CT molecular complexity index is 714. The minimum absolute atomic E-state index is 0.119. The van der Waals surface area contributed by atoms with Crippen LogP contribution in [0.4, 0.5) is 17.1 Å². The monoisotopic (exact) mass is 363 g/mol. The number of benzene rings is 2. The zero-order valence-corrected chi connectivity index (χ0v) is 13.6. The molecule has 0 fully saturated rings. The van der Waals surface area contributed by atoms with Crippen LogP contribution in [0.5, 0.6) is 0 Å². The minimum Gasteiger partial charge on any atom is -0.377 e. The van der Waals surface area contributed by atoms with Gasteiger partial charge in [0.05, 0.1) is 10.5 Å². The molecule has 0 unspecified atom stereocenters. The molecule has 0 bridgehead atoms. The fourth-order valence-corrected chi connectivity index (χ4v) is 2.21. The van der Waals surface area contributed by atoms with E-state index in [1.165, 1.54) is 12.1 Å². The Hall–Kier alpha value is -2.41. The van der Waals surface area contributed by atoms with E-state index >= 15 is 0 Å². The summed E-state index contributed by atoms with van der Waals surface area (Å²) >= 11 is 3.32. The van der Waals surface area contributed by atoms with Crippen LogP contribution < -0.4 is 10.2 Å². The Morgan fingerprint density at radius 2 is 1.82 bits per heavy atom. The van der Waals surface area contributed by atoms with Crippen molar-refractivity contribution in [3.8, 4) is 0 Å². The summed E-state index contributed by atoms with van der Waals surface area (Å²) in [5, 5.41) is 13.6. The summed E-state index contributed by atoms with van der Waals surface area (Å²) in [5.41, 5.74) is 1.36. The molecule has 7 heteroatoms. The van der Waals surface area contributed by atoms with E-state index in [-0.39, 0.29) is 11.3 Å². The molecule has 1 amide bonds. The number of anilines is 2. The maximum Gasteiger partial charge on any atom is 0.270 e. The van der Waals surface area contributed by atoms with Gasteiger partial charge in [-0.25, -0.2) is 0 Å². The Labute approximate surface area is 136 Å². The van der Waals surface area contributed by atoms with Gasteiger partial charge in [0.2, 0.25) is 0 Å². The lowest BCUT2D eigenvalue weighted by molar-refractivity contribution is -0.384. The molecule has 0 saturated heterocycles. The predicted molar refractivity (Wildman–Crippen MR) is 89.5 cm³/mol. The molecule has 0 aliphatic heterocycles. The van der Waals surface area contributed by atoms with Gasteiger partial charge in [-0.3, -0.25) is 14.9 Å². The van der Waals surface area contributed by atoms with Crippen molar-refractivity contribution in [3.63, 3.8) is 0 Å². The lowest BCUT2D eigenvalue weighted by Crippen LogP contribution is -2.18. The van der Waals surface area contributed by atoms with Gasteiger partial charge in [-0.15, -0.1) is 0 Å². The second-order valence-electron chi connectivity index (χ2n) is 4.81. The maximum absolute atomic E-state index is 12.4. The van der Waals surface area contributed by atoms with Gasteiger partial charge in [0.1, 0.15) is 0 Å². The number of rotatable bonds is 4. The third kappa shape index (κ3) is 3.62. The highest BCUT2D eigenvalue weighted by atomic mass is 79.9. The molecule has 2 aromatic rings. The van der Waals surface area contributed by atoms with E-state index in [0.29, 0.717) is 11.4 Å². The molecule has 0 saturated carbocycles. The molecule has 0 aromatic heterocycles. The average Bonchev–Trinajstić information content (AvgIpc) is 2.48. The molecule has 22 heavy (non-hydrogen) atoms. The Kier molecular flexibility index (Phi) is 4.77. The van der Waals surface area contributed by atoms with Crippen LogP contribution in [0, 0.1) is 10.1 Å². The van der Waals surface area contributed by atoms with Crippen molar-refractivity contribution < 1.29 is 9.72 Å². The molecule has 0 heterocycles. The fraction of sp³-hybridized carbons (Fsp3) is 0.133. The van der Waals surface area contributed by atoms with Gasteiger partial charge in [0.15, 0.2) is 0 Å². The first-order valence-corrected chi connectivity index (χ1v) is 7.20. The van der Waals surface area contributed by atoms with Crippen molar-refractivity contribution in [2.24, 2.45) is 0 Å². The van der Waals surface area contributed by atoms with Crippen LogP contribution in [0.25, 0.3) is 0 Å². The van der Waals surface area contributed by atoms with Gasteiger partial charge >= 0.3 is 0 Å². The van der Waals surface area contributed by atoms with Crippen LogP contribution in [0.2, 0.25) is 0 Å². The number of carbonyl (C=O) groups excluding carboxylic acids is 1. The molecule has 1 N–H and O–H groups in total. The van der Waals surface area contributed by atoms with Gasteiger partial charge in [0.25, 0.3) is 11.6 Å². The largest absolute Gasteiger partial charge is 0.377 e. The van der Waals surface area contributed by atoms with Crippen molar-refractivity contribution in [1.29, 1.82) is 0 Å². The second-order valence-corrected chi connectivity index (χ2v) is 5.73. The topological polar surface area (TPSA) is 75.5 Å². The van der Waals surface area contributed by atoms with E-state index in [2.05, 4.69) is 21.2 Å². The Balaban J connectivity index is 2.36. The smallest absolute Gasteiger partial charge is 0.270 e. The Morgan fingerprint density at radius 1 is 1.18 bits per heavy atom. The molecule has 114 valence electrons. The van der Waals surface area contributed by atoms with E-state index in [9.17, 15) is 14.9 Å². The standard InChI is InChI=1S/C15H14BrN3O3/c1-18(2)14-8-7-12(19(21)22)9-13(14)15(20)17-11-5-3-10(16)4-6-11/h3-9H,1-2H3,(H,17,20). The predicted octanol–water partition coefficient (Wildman–Crippen LogP) is 3.68. The lowest BCUT2D eigenvalue weighted by Gasteiger charge is -2.17. The van der Waals surface area contributed by atoms with Gasteiger partial charge in [-0.05, 0) is 30.3 Å². The summed E-state index contributed by atoms with van der Waals surface area (Å²) in [6.45, 7) is 0. The van der Waals surface area contributed by atoms with Gasteiger partial charge in [-0.1, -0.05) is 15.9 Å². The van der Waals surface area contributed by atoms with Crippen molar-refractivity contribution in [1.82, 2.24) is 0 Å². The molecule has 0 radical (unpaired) electrons. The van der Waals surface area contributed by atoms with Crippen LogP contribution in [0.3, 0.4) is 0 Å². The van der Waals surface area contributed by atoms with Gasteiger partial charge in [0, 0.05) is 42.1 Å². The summed E-state index contributed by atoms with van der Waals surface area (Å²) in [4.78, 5) is 24.6. The first-order chi connectivity index (χ1) is 10.4. The molecular weight excluding hydrogens is 350 g/mol. The number of hydrogen-bond donors (Lipinski definition) is 1. The highest BCUT2D eigenvalue weighted by Gasteiger charge is 2.18. The van der Waals surface area contributed by atoms with Crippen molar-refractivity contribution in [3.05, 3.63) is 62.6 Å². The fourth-order valence-electron chi connectivity index (χ4n) is 1.94. The number of nitrogens with one attached hydrogen (secondary N) is 1. The van der Waals surface area contributed by atoms with E-state index in [1.54, 1.807) is 49.3 Å². The maximum atomic E-state index is 12.4. The number of nitro groups is 1. The second kappa shape index (κ2) is 6.57. The number of halogens is 1. The third-order valence-corrected chi connectivity index (χ3v) is 3.55. The highest BCUT2D eigenvalue weighted by molar-refractivity contribution is 9.10. The number of nitro benzene ring substituents is 1. The molecule has 0 atom stereocenters. The minimum atomic E-state index is -0.518.